The smallest absolute Gasteiger partial charge is 0.312 e. The molecule has 6 heteroatoms. The standard InChI is InChI=1S/C13H18ClN3O2/c1-8(2)7-11(17-13(15)19)12(18)16-10-5-3-9(14)4-6-10/h3-6,8,11H,7H2,1-2H3,(H,16,18)(H3,15,17,19)/t11-/m1/s1. The zero-order valence-corrected chi connectivity index (χ0v) is 11.7. The first-order valence-electron chi connectivity index (χ1n) is 6.01. The Bertz CT molecular complexity index is 446. The van der Waals surface area contributed by atoms with Gasteiger partial charge in [-0.05, 0) is 36.6 Å². The van der Waals surface area contributed by atoms with Crippen molar-refractivity contribution in [2.45, 2.75) is 26.3 Å². The highest BCUT2D eigenvalue weighted by molar-refractivity contribution is 6.30. The lowest BCUT2D eigenvalue weighted by Gasteiger charge is -2.19. The predicted octanol–water partition coefficient (Wildman–Crippen LogP) is 2.36. The molecule has 5 nitrogen and oxygen atoms in total. The quantitative estimate of drug-likeness (QED) is 0.775. The largest absolute Gasteiger partial charge is 0.352 e. The summed E-state index contributed by atoms with van der Waals surface area (Å²) in [6.45, 7) is 3.93. The van der Waals surface area contributed by atoms with Gasteiger partial charge in [-0.25, -0.2) is 4.79 Å². The second-order valence-corrected chi connectivity index (χ2v) is 5.12. The van der Waals surface area contributed by atoms with Crippen LogP contribution in [0.5, 0.6) is 0 Å². The molecule has 1 rings (SSSR count). The summed E-state index contributed by atoms with van der Waals surface area (Å²) in [6, 6.07) is 5.38. The Morgan fingerprint density at radius 1 is 1.26 bits per heavy atom. The van der Waals surface area contributed by atoms with Crippen LogP contribution in [0.15, 0.2) is 24.3 Å². The van der Waals surface area contributed by atoms with Crippen molar-refractivity contribution in [2.24, 2.45) is 11.7 Å². The molecule has 1 atom stereocenters. The minimum atomic E-state index is -0.711. The van der Waals surface area contributed by atoms with E-state index < -0.39 is 12.1 Å². The van der Waals surface area contributed by atoms with Gasteiger partial charge in [0.1, 0.15) is 6.04 Å². The number of carbonyl (C=O) groups excluding carboxylic acids is 2. The van der Waals surface area contributed by atoms with E-state index in [9.17, 15) is 9.59 Å². The van der Waals surface area contributed by atoms with E-state index in [1.54, 1.807) is 24.3 Å². The summed E-state index contributed by atoms with van der Waals surface area (Å²) in [7, 11) is 0. The second kappa shape index (κ2) is 6.99. The topological polar surface area (TPSA) is 84.2 Å². The predicted molar refractivity (Wildman–Crippen MR) is 76.0 cm³/mol. The van der Waals surface area contributed by atoms with Crippen molar-refractivity contribution in [2.75, 3.05) is 5.32 Å². The Labute approximate surface area is 117 Å². The van der Waals surface area contributed by atoms with E-state index in [1.807, 2.05) is 13.8 Å². The van der Waals surface area contributed by atoms with Gasteiger partial charge in [0.2, 0.25) is 5.91 Å². The van der Waals surface area contributed by atoms with Crippen molar-refractivity contribution in [1.29, 1.82) is 0 Å². The summed E-state index contributed by atoms with van der Waals surface area (Å²) >= 11 is 5.76. The van der Waals surface area contributed by atoms with E-state index in [-0.39, 0.29) is 11.8 Å². The fraction of sp³-hybridized carbons (Fsp3) is 0.385. The zero-order valence-electron chi connectivity index (χ0n) is 10.9. The summed E-state index contributed by atoms with van der Waals surface area (Å²) in [4.78, 5) is 23.0. The molecule has 0 radical (unpaired) electrons. The molecule has 1 aromatic carbocycles. The van der Waals surface area contributed by atoms with Gasteiger partial charge < -0.3 is 16.4 Å². The zero-order chi connectivity index (χ0) is 14.4. The number of rotatable bonds is 5. The molecule has 0 aliphatic heterocycles. The minimum absolute atomic E-state index is 0.257. The van der Waals surface area contributed by atoms with Gasteiger partial charge in [0, 0.05) is 10.7 Å². The first-order chi connectivity index (χ1) is 8.88. The Morgan fingerprint density at radius 3 is 2.32 bits per heavy atom. The number of carbonyl (C=O) groups is 2. The molecular weight excluding hydrogens is 266 g/mol. The first-order valence-corrected chi connectivity index (χ1v) is 6.38. The van der Waals surface area contributed by atoms with Gasteiger partial charge in [-0.1, -0.05) is 25.4 Å². The third kappa shape index (κ3) is 5.61. The molecular formula is C13H18ClN3O2. The van der Waals surface area contributed by atoms with Crippen LogP contribution in [0.2, 0.25) is 5.02 Å². The molecule has 104 valence electrons. The molecule has 0 saturated carbocycles. The summed E-state index contributed by atoms with van der Waals surface area (Å²) in [6.07, 6.45) is 0.516. The normalized spacial score (nSPS) is 12.0. The molecule has 0 aromatic heterocycles. The maximum atomic E-state index is 12.1. The molecule has 0 bridgehead atoms. The molecule has 0 saturated heterocycles. The van der Waals surface area contributed by atoms with Crippen LogP contribution in [0.4, 0.5) is 10.5 Å². The number of amides is 3. The highest BCUT2D eigenvalue weighted by Gasteiger charge is 2.20. The number of nitrogens with one attached hydrogen (secondary N) is 2. The van der Waals surface area contributed by atoms with Gasteiger partial charge in [-0.15, -0.1) is 0 Å². The molecule has 4 N–H and O–H groups in total. The fourth-order valence-electron chi connectivity index (χ4n) is 1.64. The van der Waals surface area contributed by atoms with Crippen LogP contribution in [0.25, 0.3) is 0 Å². The Balaban J connectivity index is 2.70. The molecule has 0 fully saturated rings. The highest BCUT2D eigenvalue weighted by atomic mass is 35.5. The number of nitrogens with two attached hydrogens (primary N) is 1. The maximum absolute atomic E-state index is 12.1. The fourth-order valence-corrected chi connectivity index (χ4v) is 1.76. The molecule has 3 amide bonds. The van der Waals surface area contributed by atoms with E-state index in [1.165, 1.54) is 0 Å². The summed E-state index contributed by atoms with van der Waals surface area (Å²) in [5.74, 6) is -0.0392. The highest BCUT2D eigenvalue weighted by Crippen LogP contribution is 2.14. The molecule has 0 aliphatic rings. The lowest BCUT2D eigenvalue weighted by Crippen LogP contribution is -2.46. The van der Waals surface area contributed by atoms with Crippen LogP contribution in [0, 0.1) is 5.92 Å². The van der Waals surface area contributed by atoms with Crippen LogP contribution in [0.3, 0.4) is 0 Å². The minimum Gasteiger partial charge on any atom is -0.352 e. The SMILES string of the molecule is CC(C)C[C@@H](NC(N)=O)C(=O)Nc1ccc(Cl)cc1. The Hall–Kier alpha value is -1.75. The van der Waals surface area contributed by atoms with E-state index in [0.717, 1.165) is 0 Å². The molecule has 0 spiro atoms. The average Bonchev–Trinajstić information content (AvgIpc) is 2.30. The summed E-state index contributed by atoms with van der Waals surface area (Å²) in [5.41, 5.74) is 5.69. The average molecular weight is 284 g/mol. The monoisotopic (exact) mass is 283 g/mol. The van der Waals surface area contributed by atoms with Crippen molar-refractivity contribution < 1.29 is 9.59 Å². The third-order valence-corrected chi connectivity index (χ3v) is 2.70. The van der Waals surface area contributed by atoms with Crippen molar-refractivity contribution in [3.05, 3.63) is 29.3 Å². The van der Waals surface area contributed by atoms with E-state index in [4.69, 9.17) is 17.3 Å². The number of primary amides is 1. The maximum Gasteiger partial charge on any atom is 0.312 e. The summed E-state index contributed by atoms with van der Waals surface area (Å²) in [5, 5.41) is 5.75. The Morgan fingerprint density at radius 2 is 1.84 bits per heavy atom. The van der Waals surface area contributed by atoms with E-state index >= 15 is 0 Å². The van der Waals surface area contributed by atoms with Gasteiger partial charge in [0.25, 0.3) is 0 Å². The van der Waals surface area contributed by atoms with Crippen LogP contribution in [-0.4, -0.2) is 18.0 Å². The number of urea groups is 1. The molecule has 19 heavy (non-hydrogen) atoms. The van der Waals surface area contributed by atoms with E-state index in [2.05, 4.69) is 10.6 Å². The molecule has 0 unspecified atom stereocenters. The molecule has 0 heterocycles. The molecule has 0 aliphatic carbocycles. The van der Waals surface area contributed by atoms with Crippen LogP contribution < -0.4 is 16.4 Å². The lowest BCUT2D eigenvalue weighted by atomic mass is 10.0. The second-order valence-electron chi connectivity index (χ2n) is 4.69. The van der Waals surface area contributed by atoms with Gasteiger partial charge >= 0.3 is 6.03 Å². The van der Waals surface area contributed by atoms with Crippen molar-refractivity contribution >= 4 is 29.2 Å². The number of benzene rings is 1. The summed E-state index contributed by atoms with van der Waals surface area (Å²) < 4.78 is 0. The lowest BCUT2D eigenvalue weighted by molar-refractivity contribution is -0.118. The van der Waals surface area contributed by atoms with E-state index in [0.29, 0.717) is 17.1 Å². The number of halogens is 1. The third-order valence-electron chi connectivity index (χ3n) is 2.45. The first kappa shape index (κ1) is 15.3. The van der Waals surface area contributed by atoms with Gasteiger partial charge in [0.15, 0.2) is 0 Å². The Kier molecular flexibility index (Phi) is 5.63. The van der Waals surface area contributed by atoms with Crippen molar-refractivity contribution in [1.82, 2.24) is 5.32 Å². The van der Waals surface area contributed by atoms with Gasteiger partial charge in [-0.2, -0.15) is 0 Å². The van der Waals surface area contributed by atoms with Crippen LogP contribution in [0.1, 0.15) is 20.3 Å². The van der Waals surface area contributed by atoms with Gasteiger partial charge in [0.05, 0.1) is 0 Å². The number of hydrogen-bond donors (Lipinski definition) is 3. The van der Waals surface area contributed by atoms with Gasteiger partial charge in [-0.3, -0.25) is 4.79 Å². The number of hydrogen-bond acceptors (Lipinski definition) is 2. The molecule has 1 aromatic rings. The van der Waals surface area contributed by atoms with Crippen LogP contribution in [-0.2, 0) is 4.79 Å². The van der Waals surface area contributed by atoms with Crippen molar-refractivity contribution in [3.8, 4) is 0 Å². The number of anilines is 1. The van der Waals surface area contributed by atoms with Crippen molar-refractivity contribution in [3.63, 3.8) is 0 Å². The van der Waals surface area contributed by atoms with Crippen LogP contribution >= 0.6 is 11.6 Å².